The smallest absolute Gasteiger partial charge is 0.224 e. The van der Waals surface area contributed by atoms with Crippen LogP contribution in [0.25, 0.3) is 0 Å². The van der Waals surface area contributed by atoms with Crippen LogP contribution in [-0.4, -0.2) is 54.6 Å². The Morgan fingerprint density at radius 2 is 1.93 bits per heavy atom. The molecule has 1 aromatic carbocycles. The van der Waals surface area contributed by atoms with E-state index in [0.29, 0.717) is 19.0 Å². The molecular formula is C19H24BrN5O2S. The molecule has 2 aromatic rings. The molecule has 2 aliphatic heterocycles. The molecule has 1 N–H and O–H groups in total. The van der Waals surface area contributed by atoms with Gasteiger partial charge < -0.3 is 10.2 Å². The summed E-state index contributed by atoms with van der Waals surface area (Å²) >= 11 is 3.60. The first-order valence-corrected chi connectivity index (χ1v) is 12.2. The number of sulfonamides is 1. The minimum Gasteiger partial charge on any atom is -0.351 e. The molecule has 1 saturated heterocycles. The Bertz CT molecular complexity index is 961. The minimum atomic E-state index is -3.12. The Hall–Kier alpha value is -1.71. The Balaban J connectivity index is 1.51. The van der Waals surface area contributed by atoms with Crippen LogP contribution < -0.4 is 10.2 Å². The topological polar surface area (TPSA) is 78.4 Å². The maximum absolute atomic E-state index is 11.7. The molecule has 0 saturated carbocycles. The maximum Gasteiger partial charge on any atom is 0.224 e. The van der Waals surface area contributed by atoms with Gasteiger partial charge in [0, 0.05) is 37.6 Å². The first kappa shape index (κ1) is 19.6. The molecule has 0 aliphatic carbocycles. The fourth-order valence-corrected chi connectivity index (χ4v) is 5.16. The largest absolute Gasteiger partial charge is 0.351 e. The number of aromatic nitrogens is 2. The van der Waals surface area contributed by atoms with Crippen LogP contribution in [0.2, 0.25) is 0 Å². The van der Waals surface area contributed by atoms with Crippen molar-refractivity contribution >= 4 is 43.4 Å². The molecule has 0 bridgehead atoms. The van der Waals surface area contributed by atoms with Crippen molar-refractivity contribution in [3.05, 3.63) is 40.5 Å². The third-order valence-corrected chi connectivity index (χ3v) is 7.21. The van der Waals surface area contributed by atoms with E-state index in [1.54, 1.807) is 6.20 Å². The summed E-state index contributed by atoms with van der Waals surface area (Å²) in [6, 6.07) is 8.61. The summed E-state index contributed by atoms with van der Waals surface area (Å²) in [5.41, 5.74) is 2.53. The van der Waals surface area contributed by atoms with Crippen LogP contribution >= 0.6 is 15.9 Å². The zero-order valence-corrected chi connectivity index (χ0v) is 18.2. The van der Waals surface area contributed by atoms with E-state index in [1.165, 1.54) is 21.8 Å². The summed E-state index contributed by atoms with van der Waals surface area (Å²) in [6.07, 6.45) is 6.71. The van der Waals surface area contributed by atoms with E-state index in [0.717, 1.165) is 42.5 Å². The van der Waals surface area contributed by atoms with Crippen LogP contribution in [0.15, 0.2) is 34.9 Å². The lowest BCUT2D eigenvalue weighted by Crippen LogP contribution is -2.42. The molecule has 1 aromatic heterocycles. The van der Waals surface area contributed by atoms with E-state index < -0.39 is 10.0 Å². The van der Waals surface area contributed by atoms with Gasteiger partial charge in [0.1, 0.15) is 0 Å². The molecule has 3 heterocycles. The third-order valence-electron chi connectivity index (χ3n) is 5.35. The first-order valence-electron chi connectivity index (χ1n) is 9.51. The third kappa shape index (κ3) is 4.16. The number of rotatable bonds is 4. The zero-order chi connectivity index (χ0) is 19.7. The second kappa shape index (κ2) is 7.96. The van der Waals surface area contributed by atoms with E-state index in [4.69, 9.17) is 4.98 Å². The van der Waals surface area contributed by atoms with E-state index >= 15 is 0 Å². The van der Waals surface area contributed by atoms with Gasteiger partial charge >= 0.3 is 0 Å². The van der Waals surface area contributed by atoms with Crippen LogP contribution in [0.4, 0.5) is 17.5 Å². The predicted molar refractivity (Wildman–Crippen MR) is 115 cm³/mol. The van der Waals surface area contributed by atoms with Gasteiger partial charge in [-0.2, -0.15) is 4.98 Å². The lowest BCUT2D eigenvalue weighted by molar-refractivity contribution is 0.331. The highest BCUT2D eigenvalue weighted by molar-refractivity contribution is 9.10. The number of piperidine rings is 1. The van der Waals surface area contributed by atoms with Crippen LogP contribution in [0.5, 0.6) is 0 Å². The highest BCUT2D eigenvalue weighted by Gasteiger charge is 2.26. The Labute approximate surface area is 174 Å². The zero-order valence-electron chi connectivity index (χ0n) is 15.8. The Morgan fingerprint density at radius 3 is 2.68 bits per heavy atom. The number of hydrogen-bond donors (Lipinski definition) is 1. The highest BCUT2D eigenvalue weighted by atomic mass is 79.9. The number of fused-ring (bicyclic) bond motifs is 1. The number of nitrogens with zero attached hydrogens (tertiary/aromatic N) is 4. The molecule has 1 fully saturated rings. The van der Waals surface area contributed by atoms with Gasteiger partial charge in [-0.25, -0.2) is 17.7 Å². The van der Waals surface area contributed by atoms with Crippen LogP contribution in [0.1, 0.15) is 24.8 Å². The van der Waals surface area contributed by atoms with Gasteiger partial charge in [0.15, 0.2) is 5.82 Å². The molecule has 28 heavy (non-hydrogen) atoms. The quantitative estimate of drug-likeness (QED) is 0.746. The molecule has 4 rings (SSSR count). The lowest BCUT2D eigenvalue weighted by atomic mass is 10.0. The number of para-hydroxylation sites is 1. The minimum absolute atomic E-state index is 0.167. The monoisotopic (exact) mass is 465 g/mol. The fourth-order valence-electron chi connectivity index (χ4n) is 3.88. The van der Waals surface area contributed by atoms with Gasteiger partial charge in [0.05, 0.1) is 10.7 Å². The lowest BCUT2D eigenvalue weighted by Gasteiger charge is -2.32. The molecule has 9 heteroatoms. The number of benzene rings is 1. The second-order valence-corrected chi connectivity index (χ2v) is 10.2. The van der Waals surface area contributed by atoms with E-state index in [9.17, 15) is 8.42 Å². The van der Waals surface area contributed by atoms with Crippen molar-refractivity contribution < 1.29 is 8.42 Å². The molecule has 2 aliphatic rings. The Kier molecular flexibility index (Phi) is 5.57. The van der Waals surface area contributed by atoms with E-state index in [1.807, 2.05) is 0 Å². The van der Waals surface area contributed by atoms with Crippen molar-refractivity contribution in [1.29, 1.82) is 0 Å². The number of halogens is 1. The van der Waals surface area contributed by atoms with Crippen molar-refractivity contribution in [1.82, 2.24) is 14.3 Å². The summed E-state index contributed by atoms with van der Waals surface area (Å²) in [5, 5.41) is 3.39. The van der Waals surface area contributed by atoms with Crippen LogP contribution in [-0.2, 0) is 16.4 Å². The van der Waals surface area contributed by atoms with Gasteiger partial charge in [0.2, 0.25) is 16.0 Å². The van der Waals surface area contributed by atoms with E-state index in [2.05, 4.69) is 55.4 Å². The predicted octanol–water partition coefficient (Wildman–Crippen LogP) is 3.16. The maximum atomic E-state index is 11.7. The highest BCUT2D eigenvalue weighted by Crippen LogP contribution is 2.36. The van der Waals surface area contributed by atoms with Crippen LogP contribution in [0, 0.1) is 0 Å². The summed E-state index contributed by atoms with van der Waals surface area (Å²) in [5.74, 6) is 1.44. The van der Waals surface area contributed by atoms with Gasteiger partial charge in [-0.05, 0) is 53.2 Å². The molecule has 150 valence electrons. The van der Waals surface area contributed by atoms with E-state index in [-0.39, 0.29) is 6.04 Å². The normalized spacial score (nSPS) is 18.7. The number of hydrogen-bond acceptors (Lipinski definition) is 6. The summed E-state index contributed by atoms with van der Waals surface area (Å²) < 4.78 is 25.8. The molecule has 0 spiro atoms. The van der Waals surface area contributed by atoms with Crippen molar-refractivity contribution in [2.24, 2.45) is 0 Å². The summed E-state index contributed by atoms with van der Waals surface area (Å²) in [6.45, 7) is 1.97. The molecule has 0 unspecified atom stereocenters. The number of anilines is 3. The van der Waals surface area contributed by atoms with Gasteiger partial charge in [-0.3, -0.25) is 0 Å². The average molecular weight is 466 g/mol. The van der Waals surface area contributed by atoms with Crippen molar-refractivity contribution in [2.45, 2.75) is 31.7 Å². The standard InChI is InChI=1S/C19H24BrN5O2S/c1-28(26,27)24-11-8-15(9-12-24)22-19-21-13-16(20)18(23-19)25-10-4-6-14-5-2-3-7-17(14)25/h2-3,5,7,13,15H,4,6,8-12H2,1H3,(H,21,22,23). The van der Waals surface area contributed by atoms with Gasteiger partial charge in [-0.15, -0.1) is 0 Å². The molecular weight excluding hydrogens is 442 g/mol. The fraction of sp³-hybridized carbons (Fsp3) is 0.474. The van der Waals surface area contributed by atoms with Crippen LogP contribution in [0.3, 0.4) is 0 Å². The molecule has 0 radical (unpaired) electrons. The van der Waals surface area contributed by atoms with Crippen molar-refractivity contribution in [3.63, 3.8) is 0 Å². The second-order valence-electron chi connectivity index (χ2n) is 7.33. The average Bonchev–Trinajstić information content (AvgIpc) is 2.69. The van der Waals surface area contributed by atoms with Gasteiger partial charge in [-0.1, -0.05) is 18.2 Å². The Morgan fingerprint density at radius 1 is 1.18 bits per heavy atom. The summed E-state index contributed by atoms with van der Waals surface area (Å²) in [7, 11) is -3.12. The summed E-state index contributed by atoms with van der Waals surface area (Å²) in [4.78, 5) is 11.4. The number of aryl methyl sites for hydroxylation is 1. The molecule has 7 nitrogen and oxygen atoms in total. The van der Waals surface area contributed by atoms with Crippen molar-refractivity contribution in [3.8, 4) is 0 Å². The molecule has 0 atom stereocenters. The van der Waals surface area contributed by atoms with Crippen molar-refractivity contribution in [2.75, 3.05) is 36.1 Å². The number of nitrogens with one attached hydrogen (secondary N) is 1. The molecule has 0 amide bonds. The SMILES string of the molecule is CS(=O)(=O)N1CCC(Nc2ncc(Br)c(N3CCCc4ccccc43)n2)CC1. The van der Waals surface area contributed by atoms with Gasteiger partial charge in [0.25, 0.3) is 0 Å². The first-order chi connectivity index (χ1) is 13.4.